The van der Waals surface area contributed by atoms with Gasteiger partial charge in [-0.05, 0) is 31.2 Å². The molecule has 2 atom stereocenters. The van der Waals surface area contributed by atoms with E-state index in [1.54, 1.807) is 0 Å². The molecule has 6 heteroatoms. The number of carbonyl (C=O) groups is 3. The van der Waals surface area contributed by atoms with Gasteiger partial charge in [0.1, 0.15) is 6.04 Å². The predicted octanol–water partition coefficient (Wildman–Crippen LogP) is 0.261. The Labute approximate surface area is 120 Å². The van der Waals surface area contributed by atoms with Crippen LogP contribution in [0.2, 0.25) is 0 Å². The van der Waals surface area contributed by atoms with Crippen LogP contribution in [0.1, 0.15) is 39.5 Å². The SMILES string of the molecule is CC(C)C(CCN)CCC(=O)NC1CC(=O)N(C)C1=O. The summed E-state index contributed by atoms with van der Waals surface area (Å²) in [4.78, 5) is 36.0. The molecule has 0 radical (unpaired) electrons. The lowest BCUT2D eigenvalue weighted by Crippen LogP contribution is -2.40. The lowest BCUT2D eigenvalue weighted by molar-refractivity contribution is -0.138. The van der Waals surface area contributed by atoms with Crippen LogP contribution in [0.5, 0.6) is 0 Å². The van der Waals surface area contributed by atoms with Gasteiger partial charge in [0, 0.05) is 13.5 Å². The normalized spacial score (nSPS) is 20.6. The highest BCUT2D eigenvalue weighted by Crippen LogP contribution is 2.20. The number of nitrogens with two attached hydrogens (primary N) is 1. The van der Waals surface area contributed by atoms with Crippen LogP contribution in [0.25, 0.3) is 0 Å². The highest BCUT2D eigenvalue weighted by Gasteiger charge is 2.36. The van der Waals surface area contributed by atoms with E-state index in [0.717, 1.165) is 17.7 Å². The molecule has 0 aromatic rings. The second kappa shape index (κ2) is 7.38. The van der Waals surface area contributed by atoms with Crippen molar-refractivity contribution in [1.29, 1.82) is 0 Å². The summed E-state index contributed by atoms with van der Waals surface area (Å²) in [5.41, 5.74) is 5.57. The van der Waals surface area contributed by atoms with Crippen molar-refractivity contribution in [2.45, 2.75) is 45.6 Å². The van der Waals surface area contributed by atoms with Crippen molar-refractivity contribution in [3.8, 4) is 0 Å². The zero-order valence-electron chi connectivity index (χ0n) is 12.5. The molecule has 20 heavy (non-hydrogen) atoms. The lowest BCUT2D eigenvalue weighted by Gasteiger charge is -2.20. The maximum Gasteiger partial charge on any atom is 0.252 e. The first-order valence-electron chi connectivity index (χ1n) is 7.16. The Hall–Kier alpha value is -1.43. The van der Waals surface area contributed by atoms with Gasteiger partial charge >= 0.3 is 0 Å². The summed E-state index contributed by atoms with van der Waals surface area (Å²) in [7, 11) is 1.44. The molecule has 1 aliphatic heterocycles. The number of carbonyl (C=O) groups excluding carboxylic acids is 3. The quantitative estimate of drug-likeness (QED) is 0.656. The number of likely N-dealkylation sites (tertiary alicyclic amines) is 1. The maximum absolute atomic E-state index is 11.9. The fraction of sp³-hybridized carbons (Fsp3) is 0.786. The van der Waals surface area contributed by atoms with Crippen LogP contribution < -0.4 is 11.1 Å². The number of rotatable bonds is 7. The molecule has 3 N–H and O–H groups in total. The van der Waals surface area contributed by atoms with Gasteiger partial charge in [-0.1, -0.05) is 13.8 Å². The van der Waals surface area contributed by atoms with Gasteiger partial charge in [-0.25, -0.2) is 0 Å². The molecule has 6 nitrogen and oxygen atoms in total. The Morgan fingerprint density at radius 2 is 2.05 bits per heavy atom. The van der Waals surface area contributed by atoms with Crippen LogP contribution in [0.15, 0.2) is 0 Å². The van der Waals surface area contributed by atoms with Gasteiger partial charge in [0.2, 0.25) is 11.8 Å². The summed E-state index contributed by atoms with van der Waals surface area (Å²) in [6.45, 7) is 4.85. The van der Waals surface area contributed by atoms with Crippen LogP contribution in [0.4, 0.5) is 0 Å². The third kappa shape index (κ3) is 4.30. The summed E-state index contributed by atoms with van der Waals surface area (Å²) >= 11 is 0. The zero-order chi connectivity index (χ0) is 15.3. The number of amides is 3. The first-order valence-corrected chi connectivity index (χ1v) is 7.16. The van der Waals surface area contributed by atoms with Gasteiger partial charge in [-0.2, -0.15) is 0 Å². The van der Waals surface area contributed by atoms with E-state index in [1.807, 2.05) is 0 Å². The van der Waals surface area contributed by atoms with Gasteiger partial charge in [-0.15, -0.1) is 0 Å². The van der Waals surface area contributed by atoms with Crippen molar-refractivity contribution < 1.29 is 14.4 Å². The average molecular weight is 283 g/mol. The molecule has 114 valence electrons. The van der Waals surface area contributed by atoms with E-state index in [9.17, 15) is 14.4 Å². The van der Waals surface area contributed by atoms with Crippen LogP contribution in [0.3, 0.4) is 0 Å². The van der Waals surface area contributed by atoms with Crippen LogP contribution in [-0.2, 0) is 14.4 Å². The van der Waals surface area contributed by atoms with E-state index >= 15 is 0 Å². The molecule has 1 saturated heterocycles. The molecule has 1 rings (SSSR count). The fourth-order valence-corrected chi connectivity index (χ4v) is 2.48. The highest BCUT2D eigenvalue weighted by molar-refractivity contribution is 6.06. The van der Waals surface area contributed by atoms with E-state index in [0.29, 0.717) is 24.8 Å². The van der Waals surface area contributed by atoms with E-state index in [-0.39, 0.29) is 24.1 Å². The molecule has 0 aliphatic carbocycles. The molecule has 1 heterocycles. The molecule has 3 amide bonds. The minimum absolute atomic E-state index is 0.0669. The van der Waals surface area contributed by atoms with Crippen molar-refractivity contribution in [3.05, 3.63) is 0 Å². The summed E-state index contributed by atoms with van der Waals surface area (Å²) < 4.78 is 0. The lowest BCUT2D eigenvalue weighted by atomic mass is 9.88. The fourth-order valence-electron chi connectivity index (χ4n) is 2.48. The van der Waals surface area contributed by atoms with E-state index < -0.39 is 6.04 Å². The Kier molecular flexibility index (Phi) is 6.13. The Bertz CT molecular complexity index is 382. The standard InChI is InChI=1S/C14H25N3O3/c1-9(2)10(6-7-15)4-5-12(18)16-11-8-13(19)17(3)14(11)20/h9-11H,4-8,15H2,1-3H3,(H,16,18). The first kappa shape index (κ1) is 16.6. The topological polar surface area (TPSA) is 92.5 Å². The number of hydrogen-bond donors (Lipinski definition) is 2. The third-order valence-corrected chi connectivity index (χ3v) is 3.94. The molecule has 0 spiro atoms. The largest absolute Gasteiger partial charge is 0.344 e. The second-order valence-corrected chi connectivity index (χ2v) is 5.74. The van der Waals surface area contributed by atoms with E-state index in [4.69, 9.17) is 5.73 Å². The summed E-state index contributed by atoms with van der Waals surface area (Å²) in [6.07, 6.45) is 2.09. The van der Waals surface area contributed by atoms with Crippen molar-refractivity contribution >= 4 is 17.7 Å². The first-order chi connectivity index (χ1) is 9.36. The highest BCUT2D eigenvalue weighted by atomic mass is 16.2. The molecule has 0 aromatic carbocycles. The molecular weight excluding hydrogens is 258 g/mol. The van der Waals surface area contributed by atoms with Crippen molar-refractivity contribution in [2.24, 2.45) is 17.6 Å². The Balaban J connectivity index is 2.40. The molecular formula is C14H25N3O3. The predicted molar refractivity (Wildman–Crippen MR) is 75.6 cm³/mol. The summed E-state index contributed by atoms with van der Waals surface area (Å²) in [6, 6.07) is -0.688. The second-order valence-electron chi connectivity index (χ2n) is 5.74. The number of nitrogens with zero attached hydrogens (tertiary/aromatic N) is 1. The average Bonchev–Trinajstić information content (AvgIpc) is 2.62. The van der Waals surface area contributed by atoms with Crippen molar-refractivity contribution in [2.75, 3.05) is 13.6 Å². The zero-order valence-corrected chi connectivity index (χ0v) is 12.5. The molecule has 0 saturated carbocycles. The van der Waals surface area contributed by atoms with Gasteiger partial charge in [0.25, 0.3) is 5.91 Å². The Morgan fingerprint density at radius 1 is 1.40 bits per heavy atom. The molecule has 0 aromatic heterocycles. The van der Waals surface area contributed by atoms with Crippen molar-refractivity contribution in [1.82, 2.24) is 10.2 Å². The molecule has 2 unspecified atom stereocenters. The monoisotopic (exact) mass is 283 g/mol. The van der Waals surface area contributed by atoms with Gasteiger partial charge in [0.15, 0.2) is 0 Å². The third-order valence-electron chi connectivity index (χ3n) is 3.94. The van der Waals surface area contributed by atoms with Crippen LogP contribution in [0, 0.1) is 11.8 Å². The van der Waals surface area contributed by atoms with Gasteiger partial charge < -0.3 is 11.1 Å². The van der Waals surface area contributed by atoms with Crippen molar-refractivity contribution in [3.63, 3.8) is 0 Å². The molecule has 1 aliphatic rings. The number of likely N-dealkylation sites (N-methyl/N-ethyl adjacent to an activating group) is 1. The minimum atomic E-state index is -0.688. The minimum Gasteiger partial charge on any atom is -0.344 e. The summed E-state index contributed by atoms with van der Waals surface area (Å²) in [5.74, 6) is 0.143. The number of imide groups is 1. The summed E-state index contributed by atoms with van der Waals surface area (Å²) in [5, 5.41) is 2.64. The molecule has 0 bridgehead atoms. The van der Waals surface area contributed by atoms with Crippen LogP contribution in [-0.4, -0.2) is 42.3 Å². The van der Waals surface area contributed by atoms with E-state index in [1.165, 1.54) is 7.05 Å². The number of nitrogens with one attached hydrogen (secondary N) is 1. The Morgan fingerprint density at radius 3 is 2.50 bits per heavy atom. The maximum atomic E-state index is 11.9. The van der Waals surface area contributed by atoms with E-state index in [2.05, 4.69) is 19.2 Å². The van der Waals surface area contributed by atoms with Crippen LogP contribution >= 0.6 is 0 Å². The molecule has 1 fully saturated rings. The van der Waals surface area contributed by atoms with Gasteiger partial charge in [-0.3, -0.25) is 19.3 Å². The smallest absolute Gasteiger partial charge is 0.252 e. The van der Waals surface area contributed by atoms with Gasteiger partial charge in [0.05, 0.1) is 6.42 Å². The number of hydrogen-bond acceptors (Lipinski definition) is 4.